The maximum atomic E-state index is 13.1. The summed E-state index contributed by atoms with van der Waals surface area (Å²) in [6, 6.07) is 15.6. The van der Waals surface area contributed by atoms with E-state index >= 15 is 0 Å². The van der Waals surface area contributed by atoms with Crippen LogP contribution in [0.15, 0.2) is 65.6 Å². The largest absolute Gasteiger partial charge is 0.497 e. The van der Waals surface area contributed by atoms with E-state index in [0.717, 1.165) is 0 Å². The summed E-state index contributed by atoms with van der Waals surface area (Å²) in [5, 5.41) is 2.70. The van der Waals surface area contributed by atoms with Crippen LogP contribution in [-0.2, 0) is 10.0 Å². The molecule has 34 heavy (non-hydrogen) atoms. The molecule has 3 aromatic rings. The number of sulfonamides is 1. The monoisotopic (exact) mass is 486 g/mol. The fourth-order valence-electron chi connectivity index (χ4n) is 3.14. The molecule has 0 radical (unpaired) electrons. The molecule has 10 heteroatoms. The smallest absolute Gasteiger partial charge is 0.265 e. The number of amides is 1. The first-order chi connectivity index (χ1) is 16.3. The Morgan fingerprint density at radius 1 is 0.794 bits per heavy atom. The lowest BCUT2D eigenvalue weighted by molar-refractivity contribution is 0.102. The summed E-state index contributed by atoms with van der Waals surface area (Å²) in [5.41, 5.74) is 0.870. The Bertz CT molecular complexity index is 1260. The number of hydrogen-bond donors (Lipinski definition) is 2. The molecule has 0 aromatic heterocycles. The fraction of sp³-hybridized carbons (Fsp3) is 0.208. The molecule has 0 aliphatic heterocycles. The van der Waals surface area contributed by atoms with Crippen LogP contribution in [0.1, 0.15) is 17.3 Å². The number of hydrogen-bond acceptors (Lipinski definition) is 7. The van der Waals surface area contributed by atoms with E-state index in [1.54, 1.807) is 48.5 Å². The van der Waals surface area contributed by atoms with Gasteiger partial charge in [0.1, 0.15) is 27.9 Å². The Morgan fingerprint density at radius 3 is 2.06 bits per heavy atom. The van der Waals surface area contributed by atoms with E-state index in [9.17, 15) is 13.2 Å². The molecule has 0 aliphatic carbocycles. The van der Waals surface area contributed by atoms with Crippen molar-refractivity contribution in [2.24, 2.45) is 0 Å². The fourth-order valence-corrected chi connectivity index (χ4v) is 4.40. The van der Waals surface area contributed by atoms with Gasteiger partial charge in [-0.25, -0.2) is 8.42 Å². The van der Waals surface area contributed by atoms with Crippen LogP contribution >= 0.6 is 0 Å². The van der Waals surface area contributed by atoms with Gasteiger partial charge < -0.3 is 24.3 Å². The lowest BCUT2D eigenvalue weighted by Crippen LogP contribution is -2.16. The number of carbonyl (C=O) groups is 1. The van der Waals surface area contributed by atoms with Crippen molar-refractivity contribution in [1.29, 1.82) is 0 Å². The van der Waals surface area contributed by atoms with Crippen LogP contribution in [0, 0.1) is 0 Å². The highest BCUT2D eigenvalue weighted by atomic mass is 32.2. The van der Waals surface area contributed by atoms with Crippen molar-refractivity contribution in [3.8, 4) is 23.0 Å². The van der Waals surface area contributed by atoms with Gasteiger partial charge in [0.2, 0.25) is 0 Å². The lowest BCUT2D eigenvalue weighted by atomic mass is 10.1. The Kier molecular flexibility index (Phi) is 7.85. The van der Waals surface area contributed by atoms with Gasteiger partial charge in [-0.3, -0.25) is 9.52 Å². The predicted octanol–water partition coefficient (Wildman–Crippen LogP) is 4.16. The molecule has 3 aromatic carbocycles. The van der Waals surface area contributed by atoms with Crippen LogP contribution in [0.5, 0.6) is 23.0 Å². The summed E-state index contributed by atoms with van der Waals surface area (Å²) in [5.74, 6) is 1.12. The van der Waals surface area contributed by atoms with Crippen LogP contribution < -0.4 is 29.0 Å². The van der Waals surface area contributed by atoms with Gasteiger partial charge in [0.15, 0.2) is 0 Å². The van der Waals surface area contributed by atoms with E-state index in [1.165, 1.54) is 33.5 Å². The van der Waals surface area contributed by atoms with Gasteiger partial charge in [-0.15, -0.1) is 0 Å². The Morgan fingerprint density at radius 2 is 1.44 bits per heavy atom. The van der Waals surface area contributed by atoms with Gasteiger partial charge in [-0.05, 0) is 61.5 Å². The highest BCUT2D eigenvalue weighted by Gasteiger charge is 2.22. The third-order valence-electron chi connectivity index (χ3n) is 4.78. The molecule has 0 unspecified atom stereocenters. The molecule has 1 amide bonds. The third kappa shape index (κ3) is 5.70. The minimum absolute atomic E-state index is 0.124. The first-order valence-electron chi connectivity index (χ1n) is 10.3. The average molecular weight is 487 g/mol. The third-order valence-corrected chi connectivity index (χ3v) is 6.18. The zero-order valence-corrected chi connectivity index (χ0v) is 20.1. The summed E-state index contributed by atoms with van der Waals surface area (Å²) in [7, 11) is 0.282. The molecular weight excluding hydrogens is 460 g/mol. The molecule has 0 spiro atoms. The molecule has 0 fully saturated rings. The minimum Gasteiger partial charge on any atom is -0.497 e. The second-order valence-electron chi connectivity index (χ2n) is 6.95. The molecule has 0 saturated carbocycles. The average Bonchev–Trinajstić information content (AvgIpc) is 2.84. The van der Waals surface area contributed by atoms with Gasteiger partial charge in [0.05, 0.1) is 33.5 Å². The Balaban J connectivity index is 1.87. The number of anilines is 2. The van der Waals surface area contributed by atoms with Crippen LogP contribution in [-0.4, -0.2) is 42.3 Å². The van der Waals surface area contributed by atoms with Crippen LogP contribution in [0.4, 0.5) is 11.4 Å². The van der Waals surface area contributed by atoms with Crippen molar-refractivity contribution < 1.29 is 32.2 Å². The quantitative estimate of drug-likeness (QED) is 0.442. The molecule has 9 nitrogen and oxygen atoms in total. The van der Waals surface area contributed by atoms with Crippen molar-refractivity contribution in [2.45, 2.75) is 11.8 Å². The molecule has 0 saturated heterocycles. The highest BCUT2D eigenvalue weighted by Crippen LogP contribution is 2.30. The van der Waals surface area contributed by atoms with E-state index < -0.39 is 15.9 Å². The van der Waals surface area contributed by atoms with Crippen LogP contribution in [0.2, 0.25) is 0 Å². The van der Waals surface area contributed by atoms with E-state index in [4.69, 9.17) is 18.9 Å². The maximum absolute atomic E-state index is 13.1. The number of nitrogens with one attached hydrogen (secondary N) is 2. The molecular formula is C24H26N2O7S. The molecule has 0 atom stereocenters. The maximum Gasteiger partial charge on any atom is 0.265 e. The standard InChI is InChI=1S/C24H26N2O7S/c1-5-33-18-9-6-16(7-10-18)26-34(28,29)23-14-17(8-13-21(23)31-3)25-24(27)20-12-11-19(30-2)15-22(20)32-4/h6-15,26H,5H2,1-4H3,(H,25,27). The molecule has 3 rings (SSSR count). The van der Waals surface area contributed by atoms with Crippen LogP contribution in [0.25, 0.3) is 0 Å². The van der Waals surface area contributed by atoms with Gasteiger partial charge >= 0.3 is 0 Å². The first-order valence-corrected chi connectivity index (χ1v) is 11.8. The second-order valence-corrected chi connectivity index (χ2v) is 8.60. The van der Waals surface area contributed by atoms with Gasteiger partial charge in [0.25, 0.3) is 15.9 Å². The number of benzene rings is 3. The molecule has 0 bridgehead atoms. The second kappa shape index (κ2) is 10.8. The Labute approximate surface area is 198 Å². The first kappa shape index (κ1) is 24.7. The van der Waals surface area contributed by atoms with Crippen LogP contribution in [0.3, 0.4) is 0 Å². The highest BCUT2D eigenvalue weighted by molar-refractivity contribution is 7.92. The zero-order valence-electron chi connectivity index (χ0n) is 19.2. The van der Waals surface area contributed by atoms with Crippen molar-refractivity contribution in [3.63, 3.8) is 0 Å². The molecule has 0 heterocycles. The van der Waals surface area contributed by atoms with Crippen molar-refractivity contribution in [2.75, 3.05) is 38.0 Å². The van der Waals surface area contributed by atoms with Crippen molar-refractivity contribution >= 4 is 27.3 Å². The predicted molar refractivity (Wildman–Crippen MR) is 129 cm³/mol. The van der Waals surface area contributed by atoms with E-state index in [-0.39, 0.29) is 21.9 Å². The number of rotatable bonds is 10. The van der Waals surface area contributed by atoms with E-state index in [2.05, 4.69) is 10.0 Å². The summed E-state index contributed by atoms with van der Waals surface area (Å²) < 4.78 is 49.8. The van der Waals surface area contributed by atoms with Crippen molar-refractivity contribution in [3.05, 3.63) is 66.2 Å². The minimum atomic E-state index is -4.03. The summed E-state index contributed by atoms with van der Waals surface area (Å²) in [4.78, 5) is 12.7. The number of methoxy groups -OCH3 is 3. The number of ether oxygens (including phenoxy) is 4. The van der Waals surface area contributed by atoms with E-state index in [1.807, 2.05) is 6.92 Å². The summed E-state index contributed by atoms with van der Waals surface area (Å²) in [6.45, 7) is 2.36. The zero-order chi connectivity index (χ0) is 24.7. The van der Waals surface area contributed by atoms with Gasteiger partial charge in [0, 0.05) is 17.4 Å². The SMILES string of the molecule is CCOc1ccc(NS(=O)(=O)c2cc(NC(=O)c3ccc(OC)cc3OC)ccc2OC)cc1. The van der Waals surface area contributed by atoms with E-state index in [0.29, 0.717) is 29.5 Å². The number of carbonyl (C=O) groups excluding carboxylic acids is 1. The lowest BCUT2D eigenvalue weighted by Gasteiger charge is -2.15. The van der Waals surface area contributed by atoms with Gasteiger partial charge in [-0.2, -0.15) is 0 Å². The topological polar surface area (TPSA) is 112 Å². The molecule has 0 aliphatic rings. The van der Waals surface area contributed by atoms with Gasteiger partial charge in [-0.1, -0.05) is 0 Å². The molecule has 180 valence electrons. The Hall–Kier alpha value is -3.92. The molecule has 2 N–H and O–H groups in total. The van der Waals surface area contributed by atoms with Crippen molar-refractivity contribution in [1.82, 2.24) is 0 Å². The summed E-state index contributed by atoms with van der Waals surface area (Å²) >= 11 is 0. The summed E-state index contributed by atoms with van der Waals surface area (Å²) in [6.07, 6.45) is 0. The normalized spacial score (nSPS) is 10.8.